The SMILES string of the molecule is CC(=O)N(CC(=O)Nc1ccc(-c2ccncc2)cc1)c1ccccc1. The molecule has 0 unspecified atom stereocenters. The third-order valence-electron chi connectivity index (χ3n) is 3.93. The molecule has 0 aliphatic carbocycles. The van der Waals surface area contributed by atoms with Crippen LogP contribution in [-0.4, -0.2) is 23.3 Å². The molecule has 0 fully saturated rings. The fourth-order valence-electron chi connectivity index (χ4n) is 2.63. The van der Waals surface area contributed by atoms with Crippen molar-refractivity contribution in [1.29, 1.82) is 0 Å². The highest BCUT2D eigenvalue weighted by molar-refractivity contribution is 6.01. The lowest BCUT2D eigenvalue weighted by atomic mass is 10.1. The zero-order valence-corrected chi connectivity index (χ0v) is 14.4. The number of hydrogen-bond donors (Lipinski definition) is 1. The fraction of sp³-hybridized carbons (Fsp3) is 0.0952. The molecule has 0 saturated carbocycles. The number of anilines is 2. The van der Waals surface area contributed by atoms with E-state index in [-0.39, 0.29) is 18.4 Å². The monoisotopic (exact) mass is 345 g/mol. The topological polar surface area (TPSA) is 62.3 Å². The molecule has 130 valence electrons. The van der Waals surface area contributed by atoms with E-state index in [1.165, 1.54) is 11.8 Å². The summed E-state index contributed by atoms with van der Waals surface area (Å²) in [6.07, 6.45) is 3.48. The minimum Gasteiger partial charge on any atom is -0.325 e. The van der Waals surface area contributed by atoms with Gasteiger partial charge in [-0.15, -0.1) is 0 Å². The fourth-order valence-corrected chi connectivity index (χ4v) is 2.63. The van der Waals surface area contributed by atoms with E-state index in [0.29, 0.717) is 11.4 Å². The van der Waals surface area contributed by atoms with Gasteiger partial charge in [-0.05, 0) is 47.5 Å². The van der Waals surface area contributed by atoms with Gasteiger partial charge in [0.1, 0.15) is 6.54 Å². The van der Waals surface area contributed by atoms with E-state index in [0.717, 1.165) is 11.1 Å². The van der Waals surface area contributed by atoms with Crippen molar-refractivity contribution in [2.75, 3.05) is 16.8 Å². The second-order valence-corrected chi connectivity index (χ2v) is 5.80. The van der Waals surface area contributed by atoms with E-state index < -0.39 is 0 Å². The molecule has 3 rings (SSSR count). The van der Waals surface area contributed by atoms with Crippen LogP contribution in [0.2, 0.25) is 0 Å². The van der Waals surface area contributed by atoms with Crippen molar-refractivity contribution in [3.63, 3.8) is 0 Å². The third kappa shape index (κ3) is 4.33. The van der Waals surface area contributed by atoms with Gasteiger partial charge >= 0.3 is 0 Å². The van der Waals surface area contributed by atoms with Crippen molar-refractivity contribution >= 4 is 23.2 Å². The lowest BCUT2D eigenvalue weighted by Gasteiger charge is -2.20. The first kappa shape index (κ1) is 17.4. The third-order valence-corrected chi connectivity index (χ3v) is 3.93. The minimum absolute atomic E-state index is 0.0363. The van der Waals surface area contributed by atoms with Crippen molar-refractivity contribution in [1.82, 2.24) is 4.98 Å². The molecule has 5 heteroatoms. The molecule has 0 spiro atoms. The Bertz CT molecular complexity index is 878. The molecule has 5 nitrogen and oxygen atoms in total. The van der Waals surface area contributed by atoms with Crippen LogP contribution in [0.4, 0.5) is 11.4 Å². The number of carbonyl (C=O) groups excluding carboxylic acids is 2. The zero-order valence-electron chi connectivity index (χ0n) is 14.4. The minimum atomic E-state index is -0.249. The number of aromatic nitrogens is 1. The molecule has 0 radical (unpaired) electrons. The smallest absolute Gasteiger partial charge is 0.244 e. The van der Waals surface area contributed by atoms with Crippen LogP contribution in [0.1, 0.15) is 6.92 Å². The molecule has 1 heterocycles. The van der Waals surface area contributed by atoms with Gasteiger partial charge in [0.05, 0.1) is 0 Å². The van der Waals surface area contributed by atoms with Crippen molar-refractivity contribution < 1.29 is 9.59 Å². The average Bonchev–Trinajstić information content (AvgIpc) is 2.68. The highest BCUT2D eigenvalue weighted by Gasteiger charge is 2.15. The number of para-hydroxylation sites is 1. The van der Waals surface area contributed by atoms with Gasteiger partial charge in [-0.3, -0.25) is 14.6 Å². The molecular formula is C21H19N3O2. The summed E-state index contributed by atoms with van der Waals surface area (Å²) >= 11 is 0. The lowest BCUT2D eigenvalue weighted by molar-refractivity contribution is -0.120. The van der Waals surface area contributed by atoms with E-state index in [2.05, 4.69) is 10.3 Å². The van der Waals surface area contributed by atoms with Gasteiger partial charge in [-0.25, -0.2) is 0 Å². The first-order chi connectivity index (χ1) is 12.6. The van der Waals surface area contributed by atoms with Crippen LogP contribution in [0.15, 0.2) is 79.1 Å². The van der Waals surface area contributed by atoms with Gasteiger partial charge in [0.25, 0.3) is 0 Å². The Hall–Kier alpha value is -3.47. The maximum atomic E-state index is 12.3. The van der Waals surface area contributed by atoms with Gasteiger partial charge < -0.3 is 10.2 Å². The lowest BCUT2D eigenvalue weighted by Crippen LogP contribution is -2.36. The first-order valence-corrected chi connectivity index (χ1v) is 8.27. The molecule has 0 bridgehead atoms. The quantitative estimate of drug-likeness (QED) is 0.766. The van der Waals surface area contributed by atoms with E-state index in [1.807, 2.05) is 54.6 Å². The molecule has 2 amide bonds. The van der Waals surface area contributed by atoms with Crippen molar-refractivity contribution in [3.8, 4) is 11.1 Å². The first-order valence-electron chi connectivity index (χ1n) is 8.27. The van der Waals surface area contributed by atoms with Crippen LogP contribution in [0.5, 0.6) is 0 Å². The maximum Gasteiger partial charge on any atom is 0.244 e. The van der Waals surface area contributed by atoms with Crippen LogP contribution in [0.25, 0.3) is 11.1 Å². The van der Waals surface area contributed by atoms with E-state index in [4.69, 9.17) is 0 Å². The summed E-state index contributed by atoms with van der Waals surface area (Å²) in [5.41, 5.74) is 3.48. The predicted molar refractivity (Wildman–Crippen MR) is 103 cm³/mol. The summed E-state index contributed by atoms with van der Waals surface area (Å²) in [4.78, 5) is 29.7. The summed E-state index contributed by atoms with van der Waals surface area (Å²) in [5, 5.41) is 2.83. The summed E-state index contributed by atoms with van der Waals surface area (Å²) < 4.78 is 0. The molecule has 0 saturated heterocycles. The van der Waals surface area contributed by atoms with Crippen LogP contribution >= 0.6 is 0 Å². The van der Waals surface area contributed by atoms with Crippen molar-refractivity contribution in [2.45, 2.75) is 6.92 Å². The second kappa shape index (κ2) is 8.07. The molecule has 26 heavy (non-hydrogen) atoms. The number of nitrogens with one attached hydrogen (secondary N) is 1. The zero-order chi connectivity index (χ0) is 18.4. The van der Waals surface area contributed by atoms with Crippen molar-refractivity contribution in [3.05, 3.63) is 79.1 Å². The maximum absolute atomic E-state index is 12.3. The highest BCUT2D eigenvalue weighted by Crippen LogP contribution is 2.20. The summed E-state index contributed by atoms with van der Waals surface area (Å²) in [7, 11) is 0. The molecule has 1 aromatic heterocycles. The van der Waals surface area contributed by atoms with Crippen molar-refractivity contribution in [2.24, 2.45) is 0 Å². The van der Waals surface area contributed by atoms with Gasteiger partial charge in [0, 0.05) is 30.7 Å². The predicted octanol–water partition coefficient (Wildman–Crippen LogP) is 3.74. The number of hydrogen-bond acceptors (Lipinski definition) is 3. The molecule has 1 N–H and O–H groups in total. The van der Waals surface area contributed by atoms with Crippen LogP contribution in [0, 0.1) is 0 Å². The number of rotatable bonds is 5. The summed E-state index contributed by atoms with van der Waals surface area (Å²) in [5.74, 6) is -0.430. The molecule has 0 aliphatic rings. The normalized spacial score (nSPS) is 10.2. The number of pyridine rings is 1. The highest BCUT2D eigenvalue weighted by atomic mass is 16.2. The number of benzene rings is 2. The second-order valence-electron chi connectivity index (χ2n) is 5.80. The van der Waals surface area contributed by atoms with E-state index >= 15 is 0 Å². The van der Waals surface area contributed by atoms with E-state index in [1.54, 1.807) is 24.5 Å². The number of carbonyl (C=O) groups is 2. The molecule has 3 aromatic rings. The Kier molecular flexibility index (Phi) is 5.39. The largest absolute Gasteiger partial charge is 0.325 e. The van der Waals surface area contributed by atoms with Gasteiger partial charge in [0.15, 0.2) is 0 Å². The van der Waals surface area contributed by atoms with Crippen LogP contribution in [-0.2, 0) is 9.59 Å². The Morgan fingerprint density at radius 1 is 0.885 bits per heavy atom. The number of amides is 2. The average molecular weight is 345 g/mol. The Morgan fingerprint density at radius 2 is 1.50 bits per heavy atom. The summed E-state index contributed by atoms with van der Waals surface area (Å²) in [6, 6.07) is 20.6. The van der Waals surface area contributed by atoms with E-state index in [9.17, 15) is 9.59 Å². The van der Waals surface area contributed by atoms with Gasteiger partial charge in [-0.2, -0.15) is 0 Å². The van der Waals surface area contributed by atoms with Gasteiger partial charge in [0.2, 0.25) is 11.8 Å². The Morgan fingerprint density at radius 3 is 2.12 bits per heavy atom. The molecule has 2 aromatic carbocycles. The molecular weight excluding hydrogens is 326 g/mol. The Labute approximate surface area is 152 Å². The van der Waals surface area contributed by atoms with Crippen LogP contribution in [0.3, 0.4) is 0 Å². The summed E-state index contributed by atoms with van der Waals surface area (Å²) in [6.45, 7) is 1.41. The van der Waals surface area contributed by atoms with Gasteiger partial charge in [-0.1, -0.05) is 30.3 Å². The molecule has 0 atom stereocenters. The Balaban J connectivity index is 1.67. The number of nitrogens with zero attached hydrogens (tertiary/aromatic N) is 2. The molecule has 0 aliphatic heterocycles. The van der Waals surface area contributed by atoms with Crippen LogP contribution < -0.4 is 10.2 Å². The standard InChI is InChI=1S/C21H19N3O2/c1-16(25)24(20-5-3-2-4-6-20)15-21(26)23-19-9-7-17(8-10-19)18-11-13-22-14-12-18/h2-14H,15H2,1H3,(H,23,26).